The number of aliphatic hydroxyl groups is 1. The van der Waals surface area contributed by atoms with Crippen LogP contribution >= 0.6 is 0 Å². The van der Waals surface area contributed by atoms with Gasteiger partial charge in [-0.25, -0.2) is 9.37 Å². The van der Waals surface area contributed by atoms with Gasteiger partial charge in [-0.15, -0.1) is 0 Å². The lowest BCUT2D eigenvalue weighted by Crippen LogP contribution is -2.32. The Kier molecular flexibility index (Phi) is 3.84. The molecule has 5 nitrogen and oxygen atoms in total. The normalized spacial score (nSPS) is 23.3. The van der Waals surface area contributed by atoms with E-state index in [1.165, 1.54) is 12.1 Å². The largest absolute Gasteiger partial charge is 0.391 e. The average Bonchev–Trinajstić information content (AvgIpc) is 3.17. The molecule has 2 unspecified atom stereocenters. The van der Waals surface area contributed by atoms with E-state index in [0.29, 0.717) is 17.7 Å². The Labute approximate surface area is 139 Å². The summed E-state index contributed by atoms with van der Waals surface area (Å²) in [7, 11) is 0. The third-order valence-electron chi connectivity index (χ3n) is 4.90. The topological polar surface area (TPSA) is 58.4 Å². The molecule has 0 bridgehead atoms. The van der Waals surface area contributed by atoms with Crippen molar-refractivity contribution < 1.29 is 14.3 Å². The Bertz CT molecular complexity index is 750. The van der Waals surface area contributed by atoms with Gasteiger partial charge in [-0.2, -0.15) is 0 Å². The van der Waals surface area contributed by atoms with E-state index < -0.39 is 6.10 Å². The zero-order valence-corrected chi connectivity index (χ0v) is 13.4. The number of fused-ring (bicyclic) bond motifs is 1. The maximum atomic E-state index is 13.5. The van der Waals surface area contributed by atoms with Crippen LogP contribution in [0.25, 0.3) is 0 Å². The Hall–Kier alpha value is -2.21. The number of nitrogens with zero attached hydrogens (tertiary/aromatic N) is 3. The number of aryl methyl sites for hydroxylation is 2. The number of aromatic nitrogens is 2. The summed E-state index contributed by atoms with van der Waals surface area (Å²) >= 11 is 0. The fourth-order valence-corrected chi connectivity index (χ4v) is 3.73. The molecule has 3 heterocycles. The van der Waals surface area contributed by atoms with Crippen LogP contribution in [0.4, 0.5) is 4.39 Å². The van der Waals surface area contributed by atoms with Gasteiger partial charge in [0.1, 0.15) is 17.3 Å². The number of imidazole rings is 1. The molecule has 0 spiro atoms. The van der Waals surface area contributed by atoms with Gasteiger partial charge in [-0.1, -0.05) is 12.1 Å². The van der Waals surface area contributed by atoms with Crippen LogP contribution in [0, 0.1) is 5.82 Å². The number of hydrogen-bond acceptors (Lipinski definition) is 3. The van der Waals surface area contributed by atoms with Crippen molar-refractivity contribution in [1.82, 2.24) is 14.5 Å². The number of aliphatic hydroxyl groups excluding tert-OH is 1. The van der Waals surface area contributed by atoms with Gasteiger partial charge in [-0.3, -0.25) is 4.79 Å². The number of likely N-dealkylation sites (tertiary alicyclic amines) is 1. The van der Waals surface area contributed by atoms with Gasteiger partial charge in [0.15, 0.2) is 0 Å². The molecule has 126 valence electrons. The maximum Gasteiger partial charge on any atom is 0.274 e. The van der Waals surface area contributed by atoms with E-state index in [1.54, 1.807) is 17.0 Å². The average molecular weight is 329 g/mol. The number of hydrogen-bond donors (Lipinski definition) is 1. The molecular weight excluding hydrogens is 309 g/mol. The fourth-order valence-electron chi connectivity index (χ4n) is 3.73. The quantitative estimate of drug-likeness (QED) is 0.920. The highest BCUT2D eigenvalue weighted by molar-refractivity contribution is 5.92. The van der Waals surface area contributed by atoms with Gasteiger partial charge in [0.05, 0.1) is 12.1 Å². The summed E-state index contributed by atoms with van der Waals surface area (Å²) in [5.41, 5.74) is 1.13. The first-order valence-corrected chi connectivity index (χ1v) is 8.42. The van der Waals surface area contributed by atoms with E-state index in [9.17, 15) is 14.3 Å². The molecule has 6 heteroatoms. The zero-order chi connectivity index (χ0) is 16.7. The van der Waals surface area contributed by atoms with Gasteiger partial charge in [0, 0.05) is 25.7 Å². The molecular formula is C18H20FN3O2. The molecule has 4 rings (SSSR count). The first kappa shape index (κ1) is 15.3. The van der Waals surface area contributed by atoms with E-state index >= 15 is 0 Å². The number of β-amino-alcohol motifs (C(OH)–C–C–N with tert-alkyl or cyclic N) is 1. The van der Waals surface area contributed by atoms with Gasteiger partial charge in [0.2, 0.25) is 0 Å². The van der Waals surface area contributed by atoms with Gasteiger partial charge in [-0.05, 0) is 37.0 Å². The summed E-state index contributed by atoms with van der Waals surface area (Å²) in [6.07, 6.45) is 4.72. The first-order chi connectivity index (χ1) is 11.6. The predicted molar refractivity (Wildman–Crippen MR) is 86.0 cm³/mol. The monoisotopic (exact) mass is 329 g/mol. The second-order valence-electron chi connectivity index (χ2n) is 6.61. The van der Waals surface area contributed by atoms with Crippen molar-refractivity contribution in [3.8, 4) is 0 Å². The molecule has 1 aromatic carbocycles. The van der Waals surface area contributed by atoms with Crippen LogP contribution in [0.1, 0.15) is 47.2 Å². The first-order valence-electron chi connectivity index (χ1n) is 8.42. The van der Waals surface area contributed by atoms with E-state index in [1.807, 2.05) is 10.8 Å². The van der Waals surface area contributed by atoms with Crippen LogP contribution in [0.15, 0.2) is 30.5 Å². The molecule has 1 amide bonds. The van der Waals surface area contributed by atoms with Crippen molar-refractivity contribution >= 4 is 5.91 Å². The molecule has 0 radical (unpaired) electrons. The Morgan fingerprint density at radius 3 is 3.00 bits per heavy atom. The van der Waals surface area contributed by atoms with Crippen LogP contribution in [0.2, 0.25) is 0 Å². The van der Waals surface area contributed by atoms with E-state index in [0.717, 1.165) is 31.6 Å². The number of halogens is 1. The third kappa shape index (κ3) is 2.71. The zero-order valence-electron chi connectivity index (χ0n) is 13.4. The summed E-state index contributed by atoms with van der Waals surface area (Å²) in [5, 5.41) is 10.0. The summed E-state index contributed by atoms with van der Waals surface area (Å²) in [6, 6.07) is 5.92. The number of amides is 1. The minimum atomic E-state index is -0.598. The van der Waals surface area contributed by atoms with Crippen LogP contribution < -0.4 is 0 Å². The highest BCUT2D eigenvalue weighted by Crippen LogP contribution is 2.33. The standard InChI is InChI=1S/C18H20FN3O2/c19-13-5-3-4-12(8-13)16-9-14(23)10-22(16)18(24)15-11-21-7-2-1-6-17(21)20-15/h3-5,8,11,14,16,23H,1-2,6-7,9-10H2. The van der Waals surface area contributed by atoms with E-state index in [-0.39, 0.29) is 24.3 Å². The summed E-state index contributed by atoms with van der Waals surface area (Å²) in [4.78, 5) is 19.0. The molecule has 1 fully saturated rings. The van der Waals surface area contributed by atoms with Crippen molar-refractivity contribution in [3.05, 3.63) is 53.4 Å². The van der Waals surface area contributed by atoms with Gasteiger partial charge in [0.25, 0.3) is 5.91 Å². The maximum absolute atomic E-state index is 13.5. The van der Waals surface area contributed by atoms with Crippen molar-refractivity contribution in [2.45, 2.75) is 44.4 Å². The number of benzene rings is 1. The van der Waals surface area contributed by atoms with Gasteiger partial charge >= 0.3 is 0 Å². The van der Waals surface area contributed by atoms with Crippen molar-refractivity contribution in [2.24, 2.45) is 0 Å². The Morgan fingerprint density at radius 1 is 1.33 bits per heavy atom. The Morgan fingerprint density at radius 2 is 2.21 bits per heavy atom. The summed E-state index contributed by atoms with van der Waals surface area (Å²) in [5.74, 6) is 0.424. The SMILES string of the molecule is O=C(c1cn2c(n1)CCCC2)N1CC(O)CC1c1cccc(F)c1. The third-order valence-corrected chi connectivity index (χ3v) is 4.90. The lowest BCUT2D eigenvalue weighted by atomic mass is 10.0. The van der Waals surface area contributed by atoms with E-state index in [4.69, 9.17) is 0 Å². The smallest absolute Gasteiger partial charge is 0.274 e. The van der Waals surface area contributed by atoms with Crippen LogP contribution in [-0.4, -0.2) is 38.1 Å². The van der Waals surface area contributed by atoms with E-state index in [2.05, 4.69) is 4.98 Å². The minimum absolute atomic E-state index is 0.192. The summed E-state index contributed by atoms with van der Waals surface area (Å²) < 4.78 is 15.6. The molecule has 0 saturated carbocycles. The molecule has 2 aliphatic heterocycles. The van der Waals surface area contributed by atoms with Crippen molar-refractivity contribution in [2.75, 3.05) is 6.54 Å². The lowest BCUT2D eigenvalue weighted by molar-refractivity contribution is 0.0710. The fraction of sp³-hybridized carbons (Fsp3) is 0.444. The molecule has 1 aromatic heterocycles. The molecule has 2 aliphatic rings. The molecule has 1 saturated heterocycles. The second kappa shape index (κ2) is 6.02. The Balaban J connectivity index is 1.63. The van der Waals surface area contributed by atoms with Crippen LogP contribution in [-0.2, 0) is 13.0 Å². The molecule has 24 heavy (non-hydrogen) atoms. The predicted octanol–water partition coefficient (Wildman–Crippen LogP) is 2.31. The molecule has 2 aromatic rings. The molecule has 0 aliphatic carbocycles. The second-order valence-corrected chi connectivity index (χ2v) is 6.61. The molecule has 1 N–H and O–H groups in total. The number of rotatable bonds is 2. The van der Waals surface area contributed by atoms with Crippen LogP contribution in [0.3, 0.4) is 0 Å². The van der Waals surface area contributed by atoms with Gasteiger partial charge < -0.3 is 14.6 Å². The lowest BCUT2D eigenvalue weighted by Gasteiger charge is -2.24. The highest BCUT2D eigenvalue weighted by atomic mass is 19.1. The van der Waals surface area contributed by atoms with Crippen LogP contribution in [0.5, 0.6) is 0 Å². The summed E-state index contributed by atoms with van der Waals surface area (Å²) in [6.45, 7) is 1.15. The van der Waals surface area contributed by atoms with Crippen molar-refractivity contribution in [1.29, 1.82) is 0 Å². The number of carbonyl (C=O) groups is 1. The molecule has 2 atom stereocenters. The highest BCUT2D eigenvalue weighted by Gasteiger charge is 2.37. The van der Waals surface area contributed by atoms with Crippen molar-refractivity contribution in [3.63, 3.8) is 0 Å². The minimum Gasteiger partial charge on any atom is -0.391 e. The number of carbonyl (C=O) groups excluding carboxylic acids is 1.